The summed E-state index contributed by atoms with van der Waals surface area (Å²) in [6.45, 7) is 4.44. The molecule has 0 amide bonds. The summed E-state index contributed by atoms with van der Waals surface area (Å²) in [4.78, 5) is 13.0. The van der Waals surface area contributed by atoms with Crippen LogP contribution in [0.3, 0.4) is 0 Å². The summed E-state index contributed by atoms with van der Waals surface area (Å²) in [6, 6.07) is 11.1. The van der Waals surface area contributed by atoms with E-state index in [1.807, 2.05) is 13.8 Å². The first-order valence-electron chi connectivity index (χ1n) is 8.55. The Bertz CT molecular complexity index is 963. The number of rotatable bonds is 6. The molecule has 3 rings (SSSR count). The van der Waals surface area contributed by atoms with Gasteiger partial charge in [0.2, 0.25) is 0 Å². The number of nitrogens with one attached hydrogen (secondary N) is 1. The van der Waals surface area contributed by atoms with Crippen molar-refractivity contribution in [2.45, 2.75) is 26.4 Å². The molecule has 7 heteroatoms. The predicted octanol–water partition coefficient (Wildman–Crippen LogP) is 3.48. The first kappa shape index (κ1) is 18.3. The molecule has 3 aromatic rings. The molecule has 0 aliphatic rings. The molecule has 7 nitrogen and oxygen atoms in total. The van der Waals surface area contributed by atoms with E-state index in [9.17, 15) is 5.26 Å². The summed E-state index contributed by atoms with van der Waals surface area (Å²) >= 11 is 0. The molecule has 2 aromatic heterocycles. The summed E-state index contributed by atoms with van der Waals surface area (Å²) in [5.41, 5.74) is 7.62. The Morgan fingerprint density at radius 3 is 2.59 bits per heavy atom. The number of nitrogens with zero attached hydrogens (tertiary/aromatic N) is 4. The van der Waals surface area contributed by atoms with Gasteiger partial charge in [-0.25, -0.2) is 15.0 Å². The molecule has 0 aliphatic carbocycles. The van der Waals surface area contributed by atoms with Crippen LogP contribution in [0.25, 0.3) is 11.4 Å². The van der Waals surface area contributed by atoms with Gasteiger partial charge in [0.05, 0.1) is 17.2 Å². The highest BCUT2D eigenvalue weighted by Gasteiger charge is 2.12. The van der Waals surface area contributed by atoms with Gasteiger partial charge in [-0.2, -0.15) is 5.26 Å². The number of pyridine rings is 1. The quantitative estimate of drug-likeness (QED) is 0.692. The molecular weight excluding hydrogens is 340 g/mol. The standard InChI is InChI=1S/C20H20N6O/c1-13(2)26-19-8-16(5-6-23-19)27-18-7-14(9-21)3-4-17(18)20-24-11-15(10-22)12-25-20/h3-8,11-13H,10,22H2,1-2H3,(H,23,26). The minimum Gasteiger partial charge on any atom is -0.456 e. The highest BCUT2D eigenvalue weighted by Crippen LogP contribution is 2.33. The van der Waals surface area contributed by atoms with E-state index in [4.69, 9.17) is 10.5 Å². The van der Waals surface area contributed by atoms with Crippen molar-refractivity contribution in [3.63, 3.8) is 0 Å². The fourth-order valence-electron chi connectivity index (χ4n) is 2.44. The normalized spacial score (nSPS) is 10.5. The van der Waals surface area contributed by atoms with Crippen molar-refractivity contribution in [2.75, 3.05) is 5.32 Å². The third kappa shape index (κ3) is 4.57. The molecule has 0 saturated heterocycles. The van der Waals surface area contributed by atoms with Gasteiger partial charge in [0, 0.05) is 42.8 Å². The molecule has 0 fully saturated rings. The Balaban J connectivity index is 1.97. The second-order valence-electron chi connectivity index (χ2n) is 6.22. The molecule has 3 N–H and O–H groups in total. The van der Waals surface area contributed by atoms with E-state index in [1.165, 1.54) is 0 Å². The molecule has 0 atom stereocenters. The van der Waals surface area contributed by atoms with Crippen LogP contribution >= 0.6 is 0 Å². The molecule has 0 unspecified atom stereocenters. The van der Waals surface area contributed by atoms with Crippen molar-refractivity contribution in [3.05, 3.63) is 60.0 Å². The van der Waals surface area contributed by atoms with Crippen molar-refractivity contribution in [1.82, 2.24) is 15.0 Å². The lowest BCUT2D eigenvalue weighted by atomic mass is 10.1. The fraction of sp³-hybridized carbons (Fsp3) is 0.200. The number of nitrogens with two attached hydrogens (primary N) is 1. The molecule has 0 spiro atoms. The largest absolute Gasteiger partial charge is 0.456 e. The zero-order valence-electron chi connectivity index (χ0n) is 15.2. The maximum atomic E-state index is 9.23. The zero-order valence-corrected chi connectivity index (χ0v) is 15.2. The molecule has 27 heavy (non-hydrogen) atoms. The summed E-state index contributed by atoms with van der Waals surface area (Å²) in [5, 5.41) is 12.5. The van der Waals surface area contributed by atoms with Crippen LogP contribution in [0.2, 0.25) is 0 Å². The fourth-order valence-corrected chi connectivity index (χ4v) is 2.44. The third-order valence-electron chi connectivity index (χ3n) is 3.69. The molecule has 136 valence electrons. The van der Waals surface area contributed by atoms with Crippen molar-refractivity contribution in [3.8, 4) is 29.0 Å². The van der Waals surface area contributed by atoms with Gasteiger partial charge in [-0.15, -0.1) is 0 Å². The lowest BCUT2D eigenvalue weighted by Crippen LogP contribution is -2.10. The Hall–Kier alpha value is -3.50. The Morgan fingerprint density at radius 1 is 1.15 bits per heavy atom. The number of nitriles is 1. The highest BCUT2D eigenvalue weighted by atomic mass is 16.5. The summed E-state index contributed by atoms with van der Waals surface area (Å²) < 4.78 is 6.05. The number of benzene rings is 1. The molecule has 1 aromatic carbocycles. The van der Waals surface area contributed by atoms with Crippen LogP contribution in [0.1, 0.15) is 25.0 Å². The second-order valence-corrected chi connectivity index (χ2v) is 6.22. The van der Waals surface area contributed by atoms with Gasteiger partial charge in [0.1, 0.15) is 17.3 Å². The maximum absolute atomic E-state index is 9.23. The molecular formula is C20H20N6O. The summed E-state index contributed by atoms with van der Waals surface area (Å²) in [7, 11) is 0. The van der Waals surface area contributed by atoms with Crippen LogP contribution < -0.4 is 15.8 Å². The highest BCUT2D eigenvalue weighted by molar-refractivity contribution is 5.66. The van der Waals surface area contributed by atoms with E-state index < -0.39 is 0 Å². The first-order valence-corrected chi connectivity index (χ1v) is 8.55. The van der Waals surface area contributed by atoms with Crippen LogP contribution in [-0.2, 0) is 6.54 Å². The van der Waals surface area contributed by atoms with Crippen LogP contribution in [0.4, 0.5) is 5.82 Å². The van der Waals surface area contributed by atoms with E-state index >= 15 is 0 Å². The predicted molar refractivity (Wildman–Crippen MR) is 103 cm³/mol. The summed E-state index contributed by atoms with van der Waals surface area (Å²) in [6.07, 6.45) is 5.03. The van der Waals surface area contributed by atoms with Crippen LogP contribution in [-0.4, -0.2) is 21.0 Å². The number of aromatic nitrogens is 3. The van der Waals surface area contributed by atoms with Crippen molar-refractivity contribution in [2.24, 2.45) is 5.73 Å². The van der Waals surface area contributed by atoms with Gasteiger partial charge in [-0.1, -0.05) is 0 Å². The van der Waals surface area contributed by atoms with E-state index in [0.717, 1.165) is 5.56 Å². The van der Waals surface area contributed by atoms with Crippen molar-refractivity contribution < 1.29 is 4.74 Å². The van der Waals surface area contributed by atoms with Gasteiger partial charge in [0.15, 0.2) is 5.82 Å². The maximum Gasteiger partial charge on any atom is 0.162 e. The van der Waals surface area contributed by atoms with Gasteiger partial charge >= 0.3 is 0 Å². The lowest BCUT2D eigenvalue weighted by molar-refractivity contribution is 0.483. The Morgan fingerprint density at radius 2 is 1.93 bits per heavy atom. The zero-order chi connectivity index (χ0) is 19.2. The van der Waals surface area contributed by atoms with E-state index in [-0.39, 0.29) is 6.04 Å². The monoisotopic (exact) mass is 360 g/mol. The SMILES string of the molecule is CC(C)Nc1cc(Oc2cc(C#N)ccc2-c2ncc(CN)cn2)ccn1. The third-order valence-corrected chi connectivity index (χ3v) is 3.69. The molecule has 0 bridgehead atoms. The van der Waals surface area contributed by atoms with Crippen molar-refractivity contribution in [1.29, 1.82) is 5.26 Å². The smallest absolute Gasteiger partial charge is 0.162 e. The molecule has 2 heterocycles. The number of ether oxygens (including phenoxy) is 1. The van der Waals surface area contributed by atoms with E-state index in [2.05, 4.69) is 26.3 Å². The van der Waals surface area contributed by atoms with E-state index in [0.29, 0.717) is 40.8 Å². The van der Waals surface area contributed by atoms with Gasteiger partial charge in [-0.3, -0.25) is 0 Å². The number of anilines is 1. The average molecular weight is 360 g/mol. The Labute approximate surface area is 157 Å². The minimum atomic E-state index is 0.250. The van der Waals surface area contributed by atoms with Gasteiger partial charge < -0.3 is 15.8 Å². The average Bonchev–Trinajstić information content (AvgIpc) is 2.68. The minimum absolute atomic E-state index is 0.250. The molecule has 0 saturated carbocycles. The van der Waals surface area contributed by atoms with Crippen LogP contribution in [0, 0.1) is 11.3 Å². The first-order chi connectivity index (χ1) is 13.1. The molecule has 0 radical (unpaired) electrons. The number of hydrogen-bond acceptors (Lipinski definition) is 7. The summed E-state index contributed by atoms with van der Waals surface area (Å²) in [5.74, 6) is 2.31. The van der Waals surface area contributed by atoms with Crippen molar-refractivity contribution >= 4 is 5.82 Å². The number of hydrogen-bond donors (Lipinski definition) is 2. The van der Waals surface area contributed by atoms with Crippen LogP contribution in [0.5, 0.6) is 11.5 Å². The second kappa shape index (κ2) is 8.25. The lowest BCUT2D eigenvalue weighted by Gasteiger charge is -2.13. The topological polar surface area (TPSA) is 110 Å². The molecule has 0 aliphatic heterocycles. The van der Waals surface area contributed by atoms with Crippen LogP contribution in [0.15, 0.2) is 48.9 Å². The Kier molecular flexibility index (Phi) is 5.59. The van der Waals surface area contributed by atoms with E-state index in [1.54, 1.807) is 48.9 Å². The van der Waals surface area contributed by atoms with Gasteiger partial charge in [0.25, 0.3) is 0 Å². The van der Waals surface area contributed by atoms with Gasteiger partial charge in [-0.05, 0) is 38.1 Å².